The molecule has 0 spiro atoms. The fraction of sp³-hybridized carbons (Fsp3) is 0.611. The molecular weight excluding hydrogens is 1150 g/mol. The molecule has 4 aliphatic heterocycles. The molecule has 0 radical (unpaired) electrons. The number of aromatic nitrogens is 10. The third-order valence-corrected chi connectivity index (χ3v) is 17.4. The topological polar surface area (TPSA) is 549 Å². The van der Waals surface area contributed by atoms with Crippen LogP contribution < -0.4 is 57.7 Å². The van der Waals surface area contributed by atoms with Gasteiger partial charge in [-0.05, 0) is 13.8 Å². The van der Waals surface area contributed by atoms with E-state index in [1.165, 1.54) is 26.0 Å². The normalized spacial score (nSPS) is 30.3. The van der Waals surface area contributed by atoms with Crippen molar-refractivity contribution in [1.29, 1.82) is 0 Å². The summed E-state index contributed by atoms with van der Waals surface area (Å²) in [6, 6.07) is 0. The van der Waals surface area contributed by atoms with Gasteiger partial charge in [-0.15, -0.1) is 0 Å². The average molecular weight is 1200 g/mol. The Kier molecular flexibility index (Phi) is 16.6. The van der Waals surface area contributed by atoms with Crippen LogP contribution in [0.2, 0.25) is 0 Å². The van der Waals surface area contributed by atoms with E-state index in [1.54, 1.807) is 13.8 Å². The molecule has 39 nitrogen and oxygen atoms in total. The van der Waals surface area contributed by atoms with Crippen molar-refractivity contribution in [3.05, 3.63) is 39.7 Å². The number of nitrogens with zero attached hydrogens (tertiary/aromatic N) is 10. The molecule has 4 aliphatic rings. The number of hydrogen-bond acceptors (Lipinski definition) is 35. The Hall–Kier alpha value is -5.02. The number of nitrogens with two attached hydrogens (primary N) is 3. The lowest BCUT2D eigenvalue weighted by molar-refractivity contribution is -0.252. The number of nitrogens with one attached hydrogen (secondary N) is 2. The third-order valence-electron chi connectivity index (χ3n) is 12.3. The Morgan fingerprint density at radius 3 is 1.85 bits per heavy atom. The largest absolute Gasteiger partial charge is 0.756 e. The minimum Gasteiger partial charge on any atom is -0.756 e. The van der Waals surface area contributed by atoms with Crippen LogP contribution in [0.15, 0.2) is 28.6 Å². The SMILES string of the molecule is CO[C@@H]1C(O)[C@H](N2CN(C)c3c2nc(N)[nH]c3=O)O[C@@H]1COP(=O)([O-])OP(=O)([O-])OP(=O)([O-])OC[C@H]1O[C@@H](n2cnc3c(N)ncnc32)[C@@H](OC)C1OP(=O)([O-])OC[C@H]1O[C@@H](n2cnc3c(=O)[nH]c(N)nc32)[C@@H](O)C1OC(C)C. The summed E-state index contributed by atoms with van der Waals surface area (Å²) in [5.41, 5.74) is 15.9. The molecule has 5 aromatic heterocycles. The molecular formula is C36H49N15O24P4-4. The van der Waals surface area contributed by atoms with Crippen molar-refractivity contribution in [2.24, 2.45) is 0 Å². The zero-order chi connectivity index (χ0) is 57.3. The van der Waals surface area contributed by atoms with Crippen molar-refractivity contribution in [3.63, 3.8) is 0 Å². The first-order valence-corrected chi connectivity index (χ1v) is 28.8. The van der Waals surface area contributed by atoms with Crippen molar-refractivity contribution >= 4 is 82.8 Å². The van der Waals surface area contributed by atoms with Gasteiger partial charge in [0, 0.05) is 21.3 Å². The van der Waals surface area contributed by atoms with Crippen LogP contribution >= 0.6 is 31.3 Å². The van der Waals surface area contributed by atoms with Crippen molar-refractivity contribution in [2.45, 2.75) is 93.6 Å². The summed E-state index contributed by atoms with van der Waals surface area (Å²) in [7, 11) is -21.0. The summed E-state index contributed by atoms with van der Waals surface area (Å²) in [6.07, 6.45) is -15.8. The monoisotopic (exact) mass is 1200 g/mol. The lowest BCUT2D eigenvalue weighted by Gasteiger charge is -2.35. The molecule has 5 aromatic rings. The highest BCUT2D eigenvalue weighted by molar-refractivity contribution is 7.65. The molecule has 0 amide bonds. The fourth-order valence-corrected chi connectivity index (χ4v) is 13.5. The van der Waals surface area contributed by atoms with Gasteiger partial charge < -0.3 is 103 Å². The molecule has 9 rings (SSSR count). The third kappa shape index (κ3) is 12.1. The summed E-state index contributed by atoms with van der Waals surface area (Å²) in [5, 5.41) is 22.5. The van der Waals surface area contributed by atoms with Gasteiger partial charge in [-0.3, -0.25) is 47.0 Å². The summed E-state index contributed by atoms with van der Waals surface area (Å²) < 4.78 is 118. The molecule has 0 aliphatic carbocycles. The van der Waals surface area contributed by atoms with Gasteiger partial charge in [0.1, 0.15) is 72.5 Å². The number of H-pyrrole nitrogens is 2. The minimum atomic E-state index is -6.56. The Morgan fingerprint density at radius 2 is 1.22 bits per heavy atom. The van der Waals surface area contributed by atoms with Crippen molar-refractivity contribution in [3.8, 4) is 0 Å². The van der Waals surface area contributed by atoms with E-state index in [0.717, 1.165) is 33.2 Å². The maximum absolute atomic E-state index is 13.8. The second-order valence-corrected chi connectivity index (χ2v) is 23.8. The number of ether oxygens (including phenoxy) is 6. The molecule has 3 fully saturated rings. The maximum Gasteiger partial charge on any atom is 0.280 e. The highest BCUT2D eigenvalue weighted by Crippen LogP contribution is 2.63. The van der Waals surface area contributed by atoms with Crippen molar-refractivity contribution in [2.75, 3.05) is 74.8 Å². The molecule has 3 saturated heterocycles. The number of fused-ring (bicyclic) bond motifs is 3. The first kappa shape index (κ1) is 58.6. The van der Waals surface area contributed by atoms with Crippen LogP contribution in [0.25, 0.3) is 22.3 Å². The lowest BCUT2D eigenvalue weighted by Crippen LogP contribution is -2.46. The molecule has 79 heavy (non-hydrogen) atoms. The van der Waals surface area contributed by atoms with E-state index in [9.17, 15) is 57.6 Å². The van der Waals surface area contributed by atoms with E-state index in [-0.39, 0.29) is 58.2 Å². The van der Waals surface area contributed by atoms with Crippen LogP contribution in [-0.2, 0) is 73.4 Å². The van der Waals surface area contributed by atoms with Crippen LogP contribution in [0.1, 0.15) is 26.3 Å². The molecule has 0 aromatic carbocycles. The van der Waals surface area contributed by atoms with E-state index in [1.807, 2.05) is 0 Å². The van der Waals surface area contributed by atoms with Gasteiger partial charge in [-0.2, -0.15) is 9.97 Å². The van der Waals surface area contributed by atoms with Gasteiger partial charge in [0.2, 0.25) is 11.9 Å². The molecule has 43 heteroatoms. The van der Waals surface area contributed by atoms with Crippen molar-refractivity contribution < 1.29 is 103 Å². The van der Waals surface area contributed by atoms with Crippen LogP contribution in [0, 0.1) is 0 Å². The average Bonchev–Trinajstić information content (AvgIpc) is 4.30. The molecule has 7 unspecified atom stereocenters. The van der Waals surface area contributed by atoms with Crippen LogP contribution in [0.4, 0.5) is 29.2 Å². The fourth-order valence-electron chi connectivity index (χ4n) is 9.16. The Bertz CT molecular complexity index is 3390. The highest BCUT2D eigenvalue weighted by Gasteiger charge is 2.53. The first-order chi connectivity index (χ1) is 37.1. The number of imidazole rings is 2. The highest BCUT2D eigenvalue weighted by atomic mass is 31.3. The number of aliphatic hydroxyl groups is 2. The summed E-state index contributed by atoms with van der Waals surface area (Å²) >= 11 is 0. The number of aliphatic hydroxyl groups excluding tert-OH is 2. The quantitative estimate of drug-likeness (QED) is 0.0319. The molecule has 10 N–H and O–H groups in total. The lowest BCUT2D eigenvalue weighted by atomic mass is 10.1. The van der Waals surface area contributed by atoms with Gasteiger partial charge in [0.15, 0.2) is 47.1 Å². The van der Waals surface area contributed by atoms with Gasteiger partial charge in [0.25, 0.3) is 42.4 Å². The molecule has 436 valence electrons. The number of rotatable bonds is 22. The van der Waals surface area contributed by atoms with E-state index >= 15 is 0 Å². The summed E-state index contributed by atoms with van der Waals surface area (Å²) in [4.78, 5) is 109. The number of aromatic amines is 2. The van der Waals surface area contributed by atoms with Crippen molar-refractivity contribution in [1.82, 2.24) is 49.0 Å². The predicted molar refractivity (Wildman–Crippen MR) is 253 cm³/mol. The second-order valence-electron chi connectivity index (χ2n) is 17.9. The van der Waals surface area contributed by atoms with Crippen LogP contribution in [-0.4, -0.2) is 174 Å². The van der Waals surface area contributed by atoms with Crippen LogP contribution in [0.3, 0.4) is 0 Å². The number of anilines is 5. The summed E-state index contributed by atoms with van der Waals surface area (Å²) in [5.74, 6) is -0.673. The number of methoxy groups -OCH3 is 2. The number of phosphoric acid groups is 4. The second kappa shape index (κ2) is 22.4. The van der Waals surface area contributed by atoms with Gasteiger partial charge in [-0.1, -0.05) is 0 Å². The Balaban J connectivity index is 0.876. The van der Waals surface area contributed by atoms with Gasteiger partial charge in [-0.25, -0.2) is 28.6 Å². The standard InChI is InChI=1S/C36H53N15O24P4/c1-13(2)69-23-15(71-32(21(23)53)50-11-43-18-28(50)44-35(38)46-30(18)54)7-66-76(56,57)73-24-16(72-34(25(24)65-5)49-10-42-17-26(37)40-9-41-27(17)49)8-68-78(60,61)75-79(62,63)74-77(58,59)67-6-14-22(64-4)20(52)33(70-14)51-12-48(3)19-29(51)45-36(39)47-31(19)55/h9-11,13-16,20-25,32-34,52-53H,6-8,12H2,1-5H3,(H,56,57)(H,58,59)(H,60,61)(H,62,63)(H2,37,40,41)(H3,38,44,46,54)(H3,39,45,47,55)/p-4/t14-,15-,16-,20?,21+,22+,23?,24?,25+,32-,33-,34-/m1/s1. The van der Waals surface area contributed by atoms with Gasteiger partial charge in [0.05, 0.1) is 45.2 Å². The zero-order valence-corrected chi connectivity index (χ0v) is 45.0. The smallest absolute Gasteiger partial charge is 0.280 e. The Labute approximate surface area is 442 Å². The van der Waals surface area contributed by atoms with E-state index in [4.69, 9.17) is 59.2 Å². The number of phosphoric ester groups is 3. The molecule has 16 atom stereocenters. The molecule has 9 heterocycles. The predicted octanol–water partition coefficient (Wildman–Crippen LogP) is -4.89. The van der Waals surface area contributed by atoms with Gasteiger partial charge >= 0.3 is 0 Å². The molecule has 0 bridgehead atoms. The van der Waals surface area contributed by atoms with E-state index < -0.39 is 142 Å². The van der Waals surface area contributed by atoms with E-state index in [0.29, 0.717) is 0 Å². The van der Waals surface area contributed by atoms with E-state index in [2.05, 4.69) is 53.0 Å². The first-order valence-electron chi connectivity index (χ1n) is 23.0. The summed E-state index contributed by atoms with van der Waals surface area (Å²) in [6.45, 7) is -0.263. The van der Waals surface area contributed by atoms with Crippen LogP contribution in [0.5, 0.6) is 0 Å². The zero-order valence-electron chi connectivity index (χ0n) is 41.4. The Morgan fingerprint density at radius 1 is 0.684 bits per heavy atom. The minimum absolute atomic E-state index is 0.00915. The molecule has 0 saturated carbocycles. The maximum atomic E-state index is 13.8. The number of nitrogen functional groups attached to an aromatic ring is 3. The number of hydrogen-bond donors (Lipinski definition) is 7.